The first kappa shape index (κ1) is 15.4. The number of hydrogen-bond donors (Lipinski definition) is 2. The molecule has 1 aromatic carbocycles. The van der Waals surface area contributed by atoms with Crippen molar-refractivity contribution in [3.63, 3.8) is 0 Å². The molecule has 0 aromatic heterocycles. The first-order valence-corrected chi connectivity index (χ1v) is 5.95. The maximum atomic E-state index is 13.9. The van der Waals surface area contributed by atoms with Gasteiger partial charge >= 0.3 is 0 Å². The maximum absolute atomic E-state index is 13.9. The molecule has 0 amide bonds. The van der Waals surface area contributed by atoms with Crippen LogP contribution < -0.4 is 5.73 Å². The van der Waals surface area contributed by atoms with E-state index in [1.165, 1.54) is 6.07 Å². The molecule has 0 heterocycles. The summed E-state index contributed by atoms with van der Waals surface area (Å²) in [6, 6.07) is 4.72. The highest BCUT2D eigenvalue weighted by Crippen LogP contribution is 2.13. The number of amidine groups is 1. The van der Waals surface area contributed by atoms with Crippen molar-refractivity contribution in [2.45, 2.75) is 19.5 Å². The number of likely N-dealkylation sites (N-methyl/N-ethyl adjacent to an activating group) is 1. The topological polar surface area (TPSA) is 71.1 Å². The molecule has 0 aliphatic carbocycles. The maximum Gasteiger partial charge on any atom is 0.170 e. The zero-order valence-electron chi connectivity index (χ0n) is 11.4. The van der Waals surface area contributed by atoms with Crippen LogP contribution in [0.3, 0.4) is 0 Å². The molecule has 19 heavy (non-hydrogen) atoms. The van der Waals surface area contributed by atoms with Crippen LogP contribution in [-0.4, -0.2) is 42.7 Å². The van der Waals surface area contributed by atoms with Gasteiger partial charge in [0.2, 0.25) is 0 Å². The van der Waals surface area contributed by atoms with Crippen molar-refractivity contribution in [1.29, 1.82) is 0 Å². The SMILES string of the molecule is COCC(C)N(C)Cc1ccc(/C(N)=N/O)cc1F. The zero-order valence-corrected chi connectivity index (χ0v) is 11.4. The number of nitrogens with zero attached hydrogens (tertiary/aromatic N) is 2. The molecular formula is C13H20FN3O2. The Hall–Kier alpha value is -1.66. The Bertz CT molecular complexity index is 452. The van der Waals surface area contributed by atoms with Crippen LogP contribution in [0, 0.1) is 5.82 Å². The summed E-state index contributed by atoms with van der Waals surface area (Å²) in [5, 5.41) is 11.4. The third kappa shape index (κ3) is 4.18. The summed E-state index contributed by atoms with van der Waals surface area (Å²) >= 11 is 0. The van der Waals surface area contributed by atoms with Gasteiger partial charge in [0.1, 0.15) is 5.82 Å². The minimum atomic E-state index is -0.374. The summed E-state index contributed by atoms with van der Waals surface area (Å²) < 4.78 is 19.0. The molecule has 106 valence electrons. The summed E-state index contributed by atoms with van der Waals surface area (Å²) in [7, 11) is 3.54. The van der Waals surface area contributed by atoms with E-state index >= 15 is 0 Å². The van der Waals surface area contributed by atoms with E-state index in [4.69, 9.17) is 15.7 Å². The Morgan fingerprint density at radius 1 is 1.58 bits per heavy atom. The Labute approximate surface area is 112 Å². The fourth-order valence-electron chi connectivity index (χ4n) is 1.69. The van der Waals surface area contributed by atoms with E-state index in [0.717, 1.165) is 0 Å². The number of ether oxygens (including phenoxy) is 1. The molecular weight excluding hydrogens is 249 g/mol. The molecule has 1 atom stereocenters. The van der Waals surface area contributed by atoms with E-state index in [9.17, 15) is 4.39 Å². The Kier molecular flexibility index (Phi) is 5.72. The lowest BCUT2D eigenvalue weighted by Gasteiger charge is -2.24. The first-order chi connectivity index (χ1) is 8.99. The molecule has 0 spiro atoms. The minimum absolute atomic E-state index is 0.105. The monoisotopic (exact) mass is 269 g/mol. The van der Waals surface area contributed by atoms with Crippen molar-refractivity contribution in [2.24, 2.45) is 10.9 Å². The fraction of sp³-hybridized carbons (Fsp3) is 0.462. The van der Waals surface area contributed by atoms with Crippen molar-refractivity contribution in [2.75, 3.05) is 20.8 Å². The van der Waals surface area contributed by atoms with Crippen LogP contribution >= 0.6 is 0 Å². The Balaban J connectivity index is 2.80. The van der Waals surface area contributed by atoms with Crippen molar-refractivity contribution < 1.29 is 14.3 Å². The molecule has 0 radical (unpaired) electrons. The number of hydrogen-bond acceptors (Lipinski definition) is 4. The summed E-state index contributed by atoms with van der Waals surface area (Å²) in [6.45, 7) is 3.05. The van der Waals surface area contributed by atoms with Crippen LogP contribution in [0.15, 0.2) is 23.4 Å². The fourth-order valence-corrected chi connectivity index (χ4v) is 1.69. The normalized spacial score (nSPS) is 13.8. The quantitative estimate of drug-likeness (QED) is 0.354. The second-order valence-electron chi connectivity index (χ2n) is 4.51. The molecule has 0 fully saturated rings. The third-order valence-electron chi connectivity index (χ3n) is 3.04. The van der Waals surface area contributed by atoms with Crippen LogP contribution in [0.5, 0.6) is 0 Å². The highest BCUT2D eigenvalue weighted by Gasteiger charge is 2.12. The second kappa shape index (κ2) is 7.06. The number of rotatable bonds is 6. The molecule has 0 aliphatic heterocycles. The van der Waals surface area contributed by atoms with Gasteiger partial charge in [-0.3, -0.25) is 4.90 Å². The van der Waals surface area contributed by atoms with Crippen molar-refractivity contribution >= 4 is 5.84 Å². The van der Waals surface area contributed by atoms with Crippen LogP contribution in [-0.2, 0) is 11.3 Å². The number of halogens is 1. The standard InChI is InChI=1S/C13H20FN3O2/c1-9(8-19-3)17(2)7-11-5-4-10(6-12(11)14)13(15)16-18/h4-6,9,18H,7-8H2,1-3H3,(H2,15,16). The van der Waals surface area contributed by atoms with Gasteiger partial charge in [-0.15, -0.1) is 0 Å². The van der Waals surface area contributed by atoms with Gasteiger partial charge in [-0.25, -0.2) is 4.39 Å². The van der Waals surface area contributed by atoms with Gasteiger partial charge in [-0.2, -0.15) is 0 Å². The molecule has 0 aliphatic rings. The van der Waals surface area contributed by atoms with E-state index in [1.807, 2.05) is 18.9 Å². The van der Waals surface area contributed by atoms with Gasteiger partial charge in [-0.05, 0) is 20.0 Å². The Morgan fingerprint density at radius 3 is 2.79 bits per heavy atom. The lowest BCUT2D eigenvalue weighted by atomic mass is 10.1. The average Bonchev–Trinajstić information content (AvgIpc) is 2.40. The molecule has 1 rings (SSSR count). The van der Waals surface area contributed by atoms with Crippen LogP contribution in [0.4, 0.5) is 4.39 Å². The molecule has 0 saturated heterocycles. The molecule has 3 N–H and O–H groups in total. The van der Waals surface area contributed by atoms with Crippen LogP contribution in [0.1, 0.15) is 18.1 Å². The molecule has 0 saturated carbocycles. The number of methoxy groups -OCH3 is 1. The average molecular weight is 269 g/mol. The molecule has 0 bridgehead atoms. The number of benzene rings is 1. The Morgan fingerprint density at radius 2 is 2.26 bits per heavy atom. The van der Waals surface area contributed by atoms with E-state index in [0.29, 0.717) is 24.3 Å². The lowest BCUT2D eigenvalue weighted by Crippen LogP contribution is -2.32. The highest BCUT2D eigenvalue weighted by atomic mass is 19.1. The van der Waals surface area contributed by atoms with E-state index in [2.05, 4.69) is 5.16 Å². The smallest absolute Gasteiger partial charge is 0.170 e. The first-order valence-electron chi connectivity index (χ1n) is 5.95. The van der Waals surface area contributed by atoms with Gasteiger partial charge in [-0.1, -0.05) is 17.3 Å². The van der Waals surface area contributed by atoms with E-state index < -0.39 is 0 Å². The van der Waals surface area contributed by atoms with E-state index in [-0.39, 0.29) is 17.7 Å². The summed E-state index contributed by atoms with van der Waals surface area (Å²) in [5.74, 6) is -0.480. The highest BCUT2D eigenvalue weighted by molar-refractivity contribution is 5.97. The third-order valence-corrected chi connectivity index (χ3v) is 3.04. The van der Waals surface area contributed by atoms with Crippen molar-refractivity contribution in [3.8, 4) is 0 Å². The number of oxime groups is 1. The summed E-state index contributed by atoms with van der Waals surface area (Å²) in [4.78, 5) is 1.99. The van der Waals surface area contributed by atoms with Crippen LogP contribution in [0.25, 0.3) is 0 Å². The van der Waals surface area contributed by atoms with E-state index in [1.54, 1.807) is 19.2 Å². The molecule has 1 unspecified atom stereocenters. The predicted octanol–water partition coefficient (Wildman–Crippen LogP) is 1.39. The largest absolute Gasteiger partial charge is 0.409 e. The zero-order chi connectivity index (χ0) is 14.4. The van der Waals surface area contributed by atoms with Crippen LogP contribution in [0.2, 0.25) is 0 Å². The molecule has 6 heteroatoms. The summed E-state index contributed by atoms with van der Waals surface area (Å²) in [5.41, 5.74) is 6.32. The second-order valence-corrected chi connectivity index (χ2v) is 4.51. The lowest BCUT2D eigenvalue weighted by molar-refractivity contribution is 0.111. The molecule has 5 nitrogen and oxygen atoms in total. The molecule has 1 aromatic rings. The van der Waals surface area contributed by atoms with Gasteiger partial charge < -0.3 is 15.7 Å². The minimum Gasteiger partial charge on any atom is -0.409 e. The van der Waals surface area contributed by atoms with Gasteiger partial charge in [0.15, 0.2) is 5.84 Å². The van der Waals surface area contributed by atoms with Crippen molar-refractivity contribution in [3.05, 3.63) is 35.1 Å². The van der Waals surface area contributed by atoms with Gasteiger partial charge in [0, 0.05) is 30.8 Å². The van der Waals surface area contributed by atoms with Gasteiger partial charge in [0.05, 0.1) is 6.61 Å². The van der Waals surface area contributed by atoms with Crippen molar-refractivity contribution in [1.82, 2.24) is 4.90 Å². The predicted molar refractivity (Wildman–Crippen MR) is 71.7 cm³/mol. The summed E-state index contributed by atoms with van der Waals surface area (Å²) in [6.07, 6.45) is 0. The number of nitrogens with two attached hydrogens (primary N) is 1. The van der Waals surface area contributed by atoms with Gasteiger partial charge in [0.25, 0.3) is 0 Å².